The number of hydrogen-bond acceptors (Lipinski definition) is 4. The lowest BCUT2D eigenvalue weighted by Crippen LogP contribution is -2.48. The third kappa shape index (κ3) is 4.94. The molecular weight excluding hydrogens is 356 g/mol. The standard InChI is InChI=1S/C14H17BrN2O3S/c1-10-8-11(15)2-3-12(10)20-9-13(18)16-14(21)17-4-6-19-7-5-17/h2-3,8H,4-7,9H2,1H3,(H,16,18,21). The number of nitrogens with one attached hydrogen (secondary N) is 1. The van der Waals surface area contributed by atoms with Crippen molar-refractivity contribution in [3.63, 3.8) is 0 Å². The molecule has 114 valence electrons. The maximum Gasteiger partial charge on any atom is 0.264 e. The van der Waals surface area contributed by atoms with E-state index in [1.54, 1.807) is 0 Å². The topological polar surface area (TPSA) is 50.8 Å². The lowest BCUT2D eigenvalue weighted by Gasteiger charge is -2.28. The van der Waals surface area contributed by atoms with Crippen LogP contribution in [-0.4, -0.2) is 48.8 Å². The monoisotopic (exact) mass is 372 g/mol. The van der Waals surface area contributed by atoms with E-state index in [1.807, 2.05) is 30.0 Å². The molecule has 1 amide bonds. The van der Waals surface area contributed by atoms with Crippen molar-refractivity contribution >= 4 is 39.2 Å². The Bertz CT molecular complexity index is 533. The Balaban J connectivity index is 1.80. The third-order valence-corrected chi connectivity index (χ3v) is 3.89. The van der Waals surface area contributed by atoms with Gasteiger partial charge in [-0.3, -0.25) is 4.79 Å². The number of morpholine rings is 1. The molecule has 0 bridgehead atoms. The predicted octanol–water partition coefficient (Wildman–Crippen LogP) is 1.87. The van der Waals surface area contributed by atoms with Crippen LogP contribution >= 0.6 is 28.1 Å². The van der Waals surface area contributed by atoms with Gasteiger partial charge in [0.25, 0.3) is 5.91 Å². The number of carbonyl (C=O) groups excluding carboxylic acids is 1. The van der Waals surface area contributed by atoms with Crippen LogP contribution in [0.15, 0.2) is 22.7 Å². The highest BCUT2D eigenvalue weighted by Gasteiger charge is 2.16. The van der Waals surface area contributed by atoms with Gasteiger partial charge in [0.1, 0.15) is 5.75 Å². The molecule has 1 aromatic rings. The zero-order chi connectivity index (χ0) is 15.2. The average Bonchev–Trinajstić information content (AvgIpc) is 2.47. The summed E-state index contributed by atoms with van der Waals surface area (Å²) in [5.74, 6) is 0.430. The van der Waals surface area contributed by atoms with Crippen LogP contribution in [0.2, 0.25) is 0 Å². The maximum atomic E-state index is 11.9. The Kier molecular flexibility index (Phi) is 5.96. The number of aryl methyl sites for hydroxylation is 1. The van der Waals surface area contributed by atoms with Gasteiger partial charge in [-0.1, -0.05) is 15.9 Å². The van der Waals surface area contributed by atoms with Gasteiger partial charge in [0, 0.05) is 17.6 Å². The number of halogens is 1. The molecule has 1 fully saturated rings. The maximum absolute atomic E-state index is 11.9. The zero-order valence-electron chi connectivity index (χ0n) is 11.7. The van der Waals surface area contributed by atoms with Gasteiger partial charge >= 0.3 is 0 Å². The quantitative estimate of drug-likeness (QED) is 0.820. The Labute approximate surface area is 137 Å². The second-order valence-corrected chi connectivity index (χ2v) is 5.95. The van der Waals surface area contributed by atoms with Crippen molar-refractivity contribution in [2.75, 3.05) is 32.9 Å². The Morgan fingerprint density at radius 1 is 1.48 bits per heavy atom. The molecule has 0 spiro atoms. The summed E-state index contributed by atoms with van der Waals surface area (Å²) < 4.78 is 11.7. The fourth-order valence-electron chi connectivity index (χ4n) is 1.92. The lowest BCUT2D eigenvalue weighted by molar-refractivity contribution is -0.121. The van der Waals surface area contributed by atoms with Gasteiger partial charge < -0.3 is 19.7 Å². The molecule has 1 N–H and O–H groups in total. The minimum atomic E-state index is -0.256. The van der Waals surface area contributed by atoms with Crippen LogP contribution in [0.4, 0.5) is 0 Å². The number of ether oxygens (including phenoxy) is 2. The lowest BCUT2D eigenvalue weighted by atomic mass is 10.2. The molecule has 2 rings (SSSR count). The van der Waals surface area contributed by atoms with Crippen LogP contribution in [0.25, 0.3) is 0 Å². The van der Waals surface area contributed by atoms with Crippen molar-refractivity contribution in [1.29, 1.82) is 0 Å². The minimum Gasteiger partial charge on any atom is -0.483 e. The highest BCUT2D eigenvalue weighted by Crippen LogP contribution is 2.21. The van der Waals surface area contributed by atoms with E-state index < -0.39 is 0 Å². The second kappa shape index (κ2) is 7.72. The van der Waals surface area contributed by atoms with Gasteiger partial charge in [0.05, 0.1) is 13.2 Å². The smallest absolute Gasteiger partial charge is 0.264 e. The summed E-state index contributed by atoms with van der Waals surface area (Å²) in [4.78, 5) is 13.8. The molecule has 1 saturated heterocycles. The number of thiocarbonyl (C=S) groups is 1. The van der Waals surface area contributed by atoms with Crippen molar-refractivity contribution < 1.29 is 14.3 Å². The van der Waals surface area contributed by atoms with Gasteiger partial charge in [-0.25, -0.2) is 0 Å². The van der Waals surface area contributed by atoms with Gasteiger partial charge in [0.2, 0.25) is 0 Å². The molecule has 0 radical (unpaired) electrons. The highest BCUT2D eigenvalue weighted by molar-refractivity contribution is 9.10. The number of rotatable bonds is 3. The average molecular weight is 373 g/mol. The molecule has 1 aromatic carbocycles. The Hall–Kier alpha value is -1.18. The largest absolute Gasteiger partial charge is 0.483 e. The van der Waals surface area contributed by atoms with Crippen molar-refractivity contribution in [3.05, 3.63) is 28.2 Å². The van der Waals surface area contributed by atoms with Gasteiger partial charge in [0.15, 0.2) is 11.7 Å². The molecular formula is C14H17BrN2O3S. The number of carbonyl (C=O) groups is 1. The summed E-state index contributed by atoms with van der Waals surface area (Å²) >= 11 is 8.59. The summed E-state index contributed by atoms with van der Waals surface area (Å²) in [5.41, 5.74) is 0.966. The van der Waals surface area contributed by atoms with Crippen molar-refractivity contribution in [2.45, 2.75) is 6.92 Å². The normalized spacial score (nSPS) is 14.7. The molecule has 7 heteroatoms. The second-order valence-electron chi connectivity index (χ2n) is 4.65. The van der Waals surface area contributed by atoms with E-state index >= 15 is 0 Å². The van der Waals surface area contributed by atoms with E-state index in [0.717, 1.165) is 10.0 Å². The number of benzene rings is 1. The Morgan fingerprint density at radius 3 is 2.86 bits per heavy atom. The summed E-state index contributed by atoms with van der Waals surface area (Å²) in [6, 6.07) is 5.64. The summed E-state index contributed by atoms with van der Waals surface area (Å²) in [5, 5.41) is 3.11. The third-order valence-electron chi connectivity index (χ3n) is 3.04. The first-order chi connectivity index (χ1) is 10.1. The zero-order valence-corrected chi connectivity index (χ0v) is 14.1. The predicted molar refractivity (Wildman–Crippen MR) is 87.5 cm³/mol. The van der Waals surface area contributed by atoms with Crippen molar-refractivity contribution in [1.82, 2.24) is 10.2 Å². The van der Waals surface area contributed by atoms with Crippen LogP contribution in [0.3, 0.4) is 0 Å². The Morgan fingerprint density at radius 2 is 2.19 bits per heavy atom. The SMILES string of the molecule is Cc1cc(Br)ccc1OCC(=O)NC(=S)N1CCOCC1. The van der Waals surface area contributed by atoms with E-state index in [2.05, 4.69) is 21.2 Å². The van der Waals surface area contributed by atoms with E-state index in [4.69, 9.17) is 21.7 Å². The van der Waals surface area contributed by atoms with Crippen molar-refractivity contribution in [3.8, 4) is 5.75 Å². The van der Waals surface area contributed by atoms with Crippen LogP contribution < -0.4 is 10.1 Å². The van der Waals surface area contributed by atoms with E-state index in [1.165, 1.54) is 0 Å². The van der Waals surface area contributed by atoms with E-state index in [-0.39, 0.29) is 12.5 Å². The first-order valence-corrected chi connectivity index (χ1v) is 7.82. The number of amides is 1. The fourth-order valence-corrected chi connectivity index (χ4v) is 2.69. The highest BCUT2D eigenvalue weighted by atomic mass is 79.9. The van der Waals surface area contributed by atoms with Crippen LogP contribution in [0.1, 0.15) is 5.56 Å². The number of nitrogens with zero attached hydrogens (tertiary/aromatic N) is 1. The summed E-state index contributed by atoms with van der Waals surface area (Å²) in [6.45, 7) is 4.52. The molecule has 1 aliphatic rings. The molecule has 0 aliphatic carbocycles. The van der Waals surface area contributed by atoms with E-state index in [9.17, 15) is 4.79 Å². The summed E-state index contributed by atoms with van der Waals surface area (Å²) in [7, 11) is 0. The van der Waals surface area contributed by atoms with Crippen LogP contribution in [-0.2, 0) is 9.53 Å². The van der Waals surface area contributed by atoms with E-state index in [0.29, 0.717) is 37.2 Å². The van der Waals surface area contributed by atoms with Crippen LogP contribution in [0, 0.1) is 6.92 Å². The van der Waals surface area contributed by atoms with Gasteiger partial charge in [-0.15, -0.1) is 0 Å². The molecule has 5 nitrogen and oxygen atoms in total. The number of hydrogen-bond donors (Lipinski definition) is 1. The first-order valence-electron chi connectivity index (χ1n) is 6.62. The molecule has 1 heterocycles. The molecule has 0 atom stereocenters. The van der Waals surface area contributed by atoms with Gasteiger partial charge in [-0.2, -0.15) is 0 Å². The molecule has 21 heavy (non-hydrogen) atoms. The van der Waals surface area contributed by atoms with Crippen LogP contribution in [0.5, 0.6) is 5.75 Å². The van der Waals surface area contributed by atoms with Gasteiger partial charge in [-0.05, 0) is 42.9 Å². The molecule has 0 saturated carbocycles. The minimum absolute atomic E-state index is 0.0625. The first kappa shape index (κ1) is 16.2. The molecule has 0 unspecified atom stereocenters. The molecule has 1 aliphatic heterocycles. The summed E-state index contributed by atoms with van der Waals surface area (Å²) in [6.07, 6.45) is 0. The van der Waals surface area contributed by atoms with Crippen molar-refractivity contribution in [2.24, 2.45) is 0 Å². The fraction of sp³-hybridized carbons (Fsp3) is 0.429. The molecule has 0 aromatic heterocycles.